The second kappa shape index (κ2) is 6.95. The summed E-state index contributed by atoms with van der Waals surface area (Å²) >= 11 is 4.25. The molecule has 0 unspecified atom stereocenters. The molecule has 0 aliphatic carbocycles. The van der Waals surface area contributed by atoms with Crippen LogP contribution in [0.1, 0.15) is 24.5 Å². The van der Waals surface area contributed by atoms with Crippen LogP contribution in [0.5, 0.6) is 0 Å². The summed E-state index contributed by atoms with van der Waals surface area (Å²) in [5, 5.41) is 0. The minimum absolute atomic E-state index is 0.606. The number of hydrogen-bond acceptors (Lipinski definition) is 5. The zero-order valence-corrected chi connectivity index (χ0v) is 12.8. The summed E-state index contributed by atoms with van der Waals surface area (Å²) in [6.45, 7) is 2.45. The SMILES string of the molecule is c1cc([C@H]2CCCN(C3CSCCSC3)C2)ncn1. The lowest BCUT2D eigenvalue weighted by atomic mass is 9.94. The van der Waals surface area contributed by atoms with Gasteiger partial charge in [-0.1, -0.05) is 0 Å². The summed E-state index contributed by atoms with van der Waals surface area (Å²) in [5.74, 6) is 5.87. The third-order valence-electron chi connectivity index (χ3n) is 3.98. The maximum absolute atomic E-state index is 4.45. The first-order valence-corrected chi connectivity index (χ1v) is 9.40. The average Bonchev–Trinajstić information content (AvgIpc) is 2.77. The zero-order chi connectivity index (χ0) is 12.9. The quantitative estimate of drug-likeness (QED) is 0.836. The zero-order valence-electron chi connectivity index (χ0n) is 11.2. The van der Waals surface area contributed by atoms with E-state index >= 15 is 0 Å². The number of aromatic nitrogens is 2. The third-order valence-corrected chi connectivity index (χ3v) is 6.47. The molecule has 1 atom stereocenters. The number of nitrogens with zero attached hydrogens (tertiary/aromatic N) is 3. The molecule has 2 aliphatic heterocycles. The van der Waals surface area contributed by atoms with Gasteiger partial charge in [-0.05, 0) is 25.5 Å². The van der Waals surface area contributed by atoms with Crippen LogP contribution in [-0.4, -0.2) is 57.0 Å². The molecule has 0 N–H and O–H groups in total. The van der Waals surface area contributed by atoms with Gasteiger partial charge in [-0.15, -0.1) is 0 Å². The molecule has 1 aromatic rings. The first-order valence-electron chi connectivity index (χ1n) is 7.09. The smallest absolute Gasteiger partial charge is 0.115 e. The van der Waals surface area contributed by atoms with Crippen LogP contribution in [0.2, 0.25) is 0 Å². The molecule has 3 nitrogen and oxygen atoms in total. The lowest BCUT2D eigenvalue weighted by Gasteiger charge is -2.37. The lowest BCUT2D eigenvalue weighted by Crippen LogP contribution is -2.44. The van der Waals surface area contributed by atoms with E-state index in [1.54, 1.807) is 6.33 Å². The molecule has 104 valence electrons. The largest absolute Gasteiger partial charge is 0.298 e. The highest BCUT2D eigenvalue weighted by atomic mass is 32.2. The Bertz CT molecular complexity index is 380. The van der Waals surface area contributed by atoms with Gasteiger partial charge in [-0.2, -0.15) is 23.5 Å². The molecule has 0 saturated carbocycles. The molecule has 3 heterocycles. The number of rotatable bonds is 2. The normalized spacial score (nSPS) is 27.1. The van der Waals surface area contributed by atoms with Crippen molar-refractivity contribution >= 4 is 23.5 Å². The van der Waals surface area contributed by atoms with Crippen molar-refractivity contribution in [2.24, 2.45) is 0 Å². The molecule has 0 spiro atoms. The third kappa shape index (κ3) is 3.64. The molecule has 0 amide bonds. The maximum atomic E-state index is 4.45. The number of thioether (sulfide) groups is 2. The number of hydrogen-bond donors (Lipinski definition) is 0. The topological polar surface area (TPSA) is 29.0 Å². The Morgan fingerprint density at radius 1 is 1.21 bits per heavy atom. The van der Waals surface area contributed by atoms with Crippen LogP contribution in [0.4, 0.5) is 0 Å². The first kappa shape index (κ1) is 13.7. The van der Waals surface area contributed by atoms with E-state index in [-0.39, 0.29) is 0 Å². The Morgan fingerprint density at radius 3 is 2.79 bits per heavy atom. The van der Waals surface area contributed by atoms with Crippen molar-refractivity contribution in [2.75, 3.05) is 36.1 Å². The van der Waals surface area contributed by atoms with Crippen molar-refractivity contribution in [3.05, 3.63) is 24.3 Å². The summed E-state index contributed by atoms with van der Waals surface area (Å²) in [4.78, 5) is 11.2. The predicted molar refractivity (Wildman–Crippen MR) is 84.0 cm³/mol. The predicted octanol–water partition coefficient (Wildman–Crippen LogP) is 2.50. The van der Waals surface area contributed by atoms with Gasteiger partial charge in [0, 0.05) is 53.4 Å². The standard InChI is InChI=1S/C14H21N3S2/c1-2-12(14-3-4-15-11-16-14)8-17(5-1)13-9-18-6-7-19-10-13/h3-4,11-13H,1-2,5-10H2/t12-/m0/s1. The van der Waals surface area contributed by atoms with Gasteiger partial charge < -0.3 is 0 Å². The Kier molecular flexibility index (Phi) is 5.02. The van der Waals surface area contributed by atoms with Crippen LogP contribution in [0.25, 0.3) is 0 Å². The second-order valence-electron chi connectivity index (χ2n) is 5.27. The van der Waals surface area contributed by atoms with E-state index in [1.165, 1.54) is 54.6 Å². The maximum Gasteiger partial charge on any atom is 0.115 e. The lowest BCUT2D eigenvalue weighted by molar-refractivity contribution is 0.171. The van der Waals surface area contributed by atoms with Gasteiger partial charge in [-0.25, -0.2) is 9.97 Å². The molecule has 2 saturated heterocycles. The highest BCUT2D eigenvalue weighted by Gasteiger charge is 2.28. The molecule has 3 rings (SSSR count). The van der Waals surface area contributed by atoms with Gasteiger partial charge in [0.15, 0.2) is 0 Å². The van der Waals surface area contributed by atoms with Crippen molar-refractivity contribution in [3.63, 3.8) is 0 Å². The minimum atomic E-state index is 0.606. The fourth-order valence-electron chi connectivity index (χ4n) is 2.94. The van der Waals surface area contributed by atoms with Gasteiger partial charge >= 0.3 is 0 Å². The summed E-state index contributed by atoms with van der Waals surface area (Å²) in [5.41, 5.74) is 1.23. The first-order chi connectivity index (χ1) is 9.43. The molecule has 19 heavy (non-hydrogen) atoms. The monoisotopic (exact) mass is 295 g/mol. The molecular weight excluding hydrogens is 274 g/mol. The summed E-state index contributed by atoms with van der Waals surface area (Å²) in [6.07, 6.45) is 6.14. The Balaban J connectivity index is 1.64. The summed E-state index contributed by atoms with van der Waals surface area (Å²) < 4.78 is 0. The molecule has 1 aromatic heterocycles. The van der Waals surface area contributed by atoms with Crippen LogP contribution in [-0.2, 0) is 0 Å². The van der Waals surface area contributed by atoms with E-state index < -0.39 is 0 Å². The molecular formula is C14H21N3S2. The van der Waals surface area contributed by atoms with E-state index in [9.17, 15) is 0 Å². The van der Waals surface area contributed by atoms with Crippen LogP contribution in [0.15, 0.2) is 18.6 Å². The number of piperidine rings is 1. The molecule has 0 bridgehead atoms. The van der Waals surface area contributed by atoms with E-state index in [0.717, 1.165) is 6.04 Å². The molecule has 0 radical (unpaired) electrons. The van der Waals surface area contributed by atoms with Crippen LogP contribution in [0.3, 0.4) is 0 Å². The van der Waals surface area contributed by atoms with Crippen LogP contribution in [0, 0.1) is 0 Å². The second-order valence-corrected chi connectivity index (χ2v) is 7.57. The highest BCUT2D eigenvalue weighted by Crippen LogP contribution is 2.29. The van der Waals surface area contributed by atoms with Crippen LogP contribution < -0.4 is 0 Å². The van der Waals surface area contributed by atoms with Crippen molar-refractivity contribution in [2.45, 2.75) is 24.8 Å². The number of likely N-dealkylation sites (tertiary alicyclic amines) is 1. The van der Waals surface area contributed by atoms with E-state index in [1.807, 2.05) is 6.20 Å². The van der Waals surface area contributed by atoms with Gasteiger partial charge in [0.2, 0.25) is 0 Å². The van der Waals surface area contributed by atoms with Gasteiger partial charge in [0.1, 0.15) is 6.33 Å². The van der Waals surface area contributed by atoms with Crippen molar-refractivity contribution in [1.29, 1.82) is 0 Å². The molecule has 2 aliphatic rings. The minimum Gasteiger partial charge on any atom is -0.298 e. The fraction of sp³-hybridized carbons (Fsp3) is 0.714. The van der Waals surface area contributed by atoms with Crippen LogP contribution >= 0.6 is 23.5 Å². The fourth-order valence-corrected chi connectivity index (χ4v) is 5.56. The highest BCUT2D eigenvalue weighted by molar-refractivity contribution is 8.03. The Labute approximate surface area is 124 Å². The molecule has 5 heteroatoms. The summed E-state index contributed by atoms with van der Waals surface area (Å²) in [7, 11) is 0. The Morgan fingerprint density at radius 2 is 2.05 bits per heavy atom. The Hall–Kier alpha value is -0.260. The van der Waals surface area contributed by atoms with Gasteiger partial charge in [0.05, 0.1) is 0 Å². The van der Waals surface area contributed by atoms with Crippen molar-refractivity contribution in [1.82, 2.24) is 14.9 Å². The van der Waals surface area contributed by atoms with Gasteiger partial charge in [0.25, 0.3) is 0 Å². The van der Waals surface area contributed by atoms with Gasteiger partial charge in [-0.3, -0.25) is 4.90 Å². The summed E-state index contributed by atoms with van der Waals surface area (Å²) in [6, 6.07) is 2.85. The molecule has 2 fully saturated rings. The molecule has 0 aromatic carbocycles. The van der Waals surface area contributed by atoms with E-state index in [2.05, 4.69) is 44.5 Å². The van der Waals surface area contributed by atoms with E-state index in [0.29, 0.717) is 5.92 Å². The van der Waals surface area contributed by atoms with Crippen molar-refractivity contribution in [3.8, 4) is 0 Å². The van der Waals surface area contributed by atoms with Crippen molar-refractivity contribution < 1.29 is 0 Å². The average molecular weight is 295 g/mol. The van der Waals surface area contributed by atoms with E-state index in [4.69, 9.17) is 0 Å².